The van der Waals surface area contributed by atoms with E-state index in [9.17, 15) is 18.0 Å². The fourth-order valence-electron chi connectivity index (χ4n) is 3.38. The van der Waals surface area contributed by atoms with Gasteiger partial charge in [0.1, 0.15) is 0 Å². The van der Waals surface area contributed by atoms with Gasteiger partial charge in [-0.15, -0.1) is 0 Å². The second kappa shape index (κ2) is 7.35. The zero-order chi connectivity index (χ0) is 20.6. The summed E-state index contributed by atoms with van der Waals surface area (Å²) in [6, 6.07) is 12.5. The van der Waals surface area contributed by atoms with Crippen molar-refractivity contribution in [1.29, 1.82) is 0 Å². The molecule has 1 unspecified atom stereocenters. The van der Waals surface area contributed by atoms with Crippen molar-refractivity contribution in [2.75, 3.05) is 11.4 Å². The Morgan fingerprint density at radius 2 is 1.93 bits per heavy atom. The van der Waals surface area contributed by atoms with Crippen LogP contribution in [0.15, 0.2) is 53.1 Å². The minimum absolute atomic E-state index is 0.104. The number of halogens is 3. The lowest BCUT2D eigenvalue weighted by molar-refractivity contribution is -0.137. The molecule has 3 aromatic rings. The summed E-state index contributed by atoms with van der Waals surface area (Å²) in [6.45, 7) is 2.26. The third kappa shape index (κ3) is 3.87. The highest BCUT2D eigenvalue weighted by atomic mass is 19.4. The van der Waals surface area contributed by atoms with Crippen LogP contribution >= 0.6 is 0 Å². The Kier molecular flexibility index (Phi) is 4.86. The number of alkyl halides is 3. The van der Waals surface area contributed by atoms with Crippen molar-refractivity contribution in [2.24, 2.45) is 0 Å². The van der Waals surface area contributed by atoms with E-state index in [1.807, 2.05) is 24.3 Å². The second-order valence-corrected chi connectivity index (χ2v) is 6.96. The van der Waals surface area contributed by atoms with Gasteiger partial charge in [0.05, 0.1) is 11.5 Å². The van der Waals surface area contributed by atoms with Gasteiger partial charge in [-0.1, -0.05) is 42.4 Å². The van der Waals surface area contributed by atoms with Crippen LogP contribution < -0.4 is 4.90 Å². The smallest absolute Gasteiger partial charge is 0.339 e. The van der Waals surface area contributed by atoms with Crippen molar-refractivity contribution in [3.63, 3.8) is 0 Å². The van der Waals surface area contributed by atoms with E-state index in [2.05, 4.69) is 17.1 Å². The van der Waals surface area contributed by atoms with Crippen LogP contribution in [0.2, 0.25) is 0 Å². The van der Waals surface area contributed by atoms with Gasteiger partial charge < -0.3 is 9.42 Å². The number of hydrogen-bond acceptors (Lipinski definition) is 4. The van der Waals surface area contributed by atoms with Gasteiger partial charge in [0.15, 0.2) is 0 Å². The van der Waals surface area contributed by atoms with Crippen molar-refractivity contribution in [1.82, 2.24) is 10.1 Å². The number of aromatic nitrogens is 2. The maximum Gasteiger partial charge on any atom is 0.416 e. The van der Waals surface area contributed by atoms with Crippen LogP contribution in [-0.4, -0.2) is 22.6 Å². The lowest BCUT2D eigenvalue weighted by Gasteiger charge is -2.17. The van der Waals surface area contributed by atoms with E-state index >= 15 is 0 Å². The van der Waals surface area contributed by atoms with Crippen molar-refractivity contribution in [3.05, 3.63) is 65.5 Å². The summed E-state index contributed by atoms with van der Waals surface area (Å²) in [6.07, 6.45) is -3.44. The molecule has 150 valence electrons. The lowest BCUT2D eigenvalue weighted by Crippen LogP contribution is -2.24. The van der Waals surface area contributed by atoms with Gasteiger partial charge in [-0.25, -0.2) is 0 Å². The van der Waals surface area contributed by atoms with Crippen molar-refractivity contribution in [2.45, 2.75) is 31.9 Å². The summed E-state index contributed by atoms with van der Waals surface area (Å²) < 4.78 is 44.3. The number of hydrogen-bond donors (Lipinski definition) is 0. The lowest BCUT2D eigenvalue weighted by atomic mass is 10.1. The van der Waals surface area contributed by atoms with Gasteiger partial charge >= 0.3 is 6.18 Å². The molecule has 4 rings (SSSR count). The van der Waals surface area contributed by atoms with E-state index in [0.717, 1.165) is 24.1 Å². The van der Waals surface area contributed by atoms with Gasteiger partial charge in [0.2, 0.25) is 17.6 Å². The van der Waals surface area contributed by atoms with Crippen LogP contribution in [0.1, 0.15) is 36.3 Å². The van der Waals surface area contributed by atoms with E-state index in [4.69, 9.17) is 4.52 Å². The molecule has 29 heavy (non-hydrogen) atoms. The number of rotatable bonds is 4. The van der Waals surface area contributed by atoms with E-state index < -0.39 is 11.7 Å². The average molecular weight is 401 g/mol. The van der Waals surface area contributed by atoms with Crippen LogP contribution in [0.4, 0.5) is 18.9 Å². The minimum Gasteiger partial charge on any atom is -0.339 e. The van der Waals surface area contributed by atoms with E-state index in [-0.39, 0.29) is 30.5 Å². The largest absolute Gasteiger partial charge is 0.416 e. The molecule has 8 heteroatoms. The highest BCUT2D eigenvalue weighted by Gasteiger charge is 2.37. The monoisotopic (exact) mass is 401 g/mol. The first-order chi connectivity index (χ1) is 13.8. The van der Waals surface area contributed by atoms with Crippen LogP contribution in [0, 0.1) is 0 Å². The normalized spacial score (nSPS) is 17.2. The van der Waals surface area contributed by atoms with Gasteiger partial charge in [-0.05, 0) is 30.2 Å². The highest BCUT2D eigenvalue weighted by Crippen LogP contribution is 2.35. The Balaban J connectivity index is 1.53. The number of benzene rings is 2. The zero-order valence-corrected chi connectivity index (χ0v) is 15.6. The molecule has 5 nitrogen and oxygen atoms in total. The molecule has 2 heterocycles. The topological polar surface area (TPSA) is 59.2 Å². The molecule has 1 fully saturated rings. The summed E-state index contributed by atoms with van der Waals surface area (Å²) >= 11 is 0. The van der Waals surface area contributed by atoms with Gasteiger partial charge in [-0.3, -0.25) is 4.79 Å². The van der Waals surface area contributed by atoms with Crippen molar-refractivity contribution >= 4 is 11.6 Å². The summed E-state index contributed by atoms with van der Waals surface area (Å²) in [4.78, 5) is 18.2. The molecule has 1 aliphatic rings. The summed E-state index contributed by atoms with van der Waals surface area (Å²) in [7, 11) is 0. The van der Waals surface area contributed by atoms with Crippen LogP contribution in [-0.2, 0) is 17.4 Å². The molecule has 0 aliphatic carbocycles. The molecule has 1 aliphatic heterocycles. The Labute approximate surface area is 165 Å². The number of carbonyl (C=O) groups excluding carboxylic acids is 1. The SMILES string of the molecule is CCc1ccc(-c2noc(C3CC(=O)N(c4cccc(C(F)(F)F)c4)C3)n2)cc1. The van der Waals surface area contributed by atoms with Crippen LogP contribution in [0.25, 0.3) is 11.4 Å². The zero-order valence-electron chi connectivity index (χ0n) is 15.6. The Hall–Kier alpha value is -3.16. The molecular weight excluding hydrogens is 383 g/mol. The molecule has 0 radical (unpaired) electrons. The van der Waals surface area contributed by atoms with E-state index in [1.54, 1.807) is 0 Å². The molecule has 1 aromatic heterocycles. The predicted octanol–water partition coefficient (Wildman–Crippen LogP) is 4.84. The number of nitrogens with zero attached hydrogens (tertiary/aromatic N) is 3. The quantitative estimate of drug-likeness (QED) is 0.628. The molecule has 0 bridgehead atoms. The fourth-order valence-corrected chi connectivity index (χ4v) is 3.38. The first-order valence-electron chi connectivity index (χ1n) is 9.25. The number of carbonyl (C=O) groups is 1. The molecule has 0 spiro atoms. The van der Waals surface area contributed by atoms with Crippen LogP contribution in [0.3, 0.4) is 0 Å². The molecule has 2 aromatic carbocycles. The summed E-state index contributed by atoms with van der Waals surface area (Å²) in [5, 5.41) is 3.99. The van der Waals surface area contributed by atoms with Gasteiger partial charge in [0, 0.05) is 24.2 Å². The van der Waals surface area contributed by atoms with Crippen LogP contribution in [0.5, 0.6) is 0 Å². The second-order valence-electron chi connectivity index (χ2n) is 6.96. The van der Waals surface area contributed by atoms with E-state index in [1.165, 1.54) is 22.6 Å². The maximum absolute atomic E-state index is 13.0. The van der Waals surface area contributed by atoms with Gasteiger partial charge in [-0.2, -0.15) is 18.2 Å². The highest BCUT2D eigenvalue weighted by molar-refractivity contribution is 5.96. The number of anilines is 1. The Morgan fingerprint density at radius 3 is 2.62 bits per heavy atom. The van der Waals surface area contributed by atoms with Gasteiger partial charge in [0.25, 0.3) is 0 Å². The van der Waals surface area contributed by atoms with Crippen molar-refractivity contribution in [3.8, 4) is 11.4 Å². The summed E-state index contributed by atoms with van der Waals surface area (Å²) in [5.74, 6) is 0.0876. The standard InChI is InChI=1S/C21H18F3N3O2/c1-2-13-6-8-14(9-7-13)19-25-20(29-26-19)15-10-18(28)27(12-15)17-5-3-4-16(11-17)21(22,23)24/h3-9,11,15H,2,10,12H2,1H3. The fraction of sp³-hybridized carbons (Fsp3) is 0.286. The third-order valence-corrected chi connectivity index (χ3v) is 5.02. The molecule has 0 N–H and O–H groups in total. The molecule has 1 amide bonds. The Morgan fingerprint density at radius 1 is 1.17 bits per heavy atom. The maximum atomic E-state index is 13.0. The molecule has 1 atom stereocenters. The summed E-state index contributed by atoms with van der Waals surface area (Å²) in [5.41, 5.74) is 1.41. The first-order valence-corrected chi connectivity index (χ1v) is 9.25. The molecule has 1 saturated heterocycles. The first kappa shape index (κ1) is 19.2. The number of amides is 1. The Bertz CT molecular complexity index is 1030. The van der Waals surface area contributed by atoms with E-state index in [0.29, 0.717) is 11.7 Å². The molecular formula is C21H18F3N3O2. The minimum atomic E-state index is -4.47. The van der Waals surface area contributed by atoms with Crippen molar-refractivity contribution < 1.29 is 22.5 Å². The average Bonchev–Trinajstić information content (AvgIpc) is 3.34. The number of aryl methyl sites for hydroxylation is 1. The molecule has 0 saturated carbocycles. The third-order valence-electron chi connectivity index (χ3n) is 5.02. The predicted molar refractivity (Wildman–Crippen MR) is 100 cm³/mol.